The maximum Gasteiger partial charge on any atom is 0.358 e. The number of aromatic amines is 1. The number of aromatic nitrogens is 2. The van der Waals surface area contributed by atoms with E-state index in [2.05, 4.69) is 14.9 Å². The van der Waals surface area contributed by atoms with Crippen LogP contribution in [-0.4, -0.2) is 59.3 Å². The van der Waals surface area contributed by atoms with E-state index in [1.165, 1.54) is 7.11 Å². The summed E-state index contributed by atoms with van der Waals surface area (Å²) >= 11 is 0. The van der Waals surface area contributed by atoms with Crippen molar-refractivity contribution >= 4 is 5.97 Å². The maximum atomic E-state index is 11.9. The highest BCUT2D eigenvalue weighted by molar-refractivity contribution is 5.91. The number of nitrogens with one attached hydrogen (secondary N) is 1. The lowest BCUT2D eigenvalue weighted by molar-refractivity contribution is -0.0298. The number of methoxy groups -OCH3 is 1. The smallest absolute Gasteiger partial charge is 0.358 e. The molecule has 3 heterocycles. The Balaban J connectivity index is 1.47. The van der Waals surface area contributed by atoms with Crippen LogP contribution in [0.1, 0.15) is 46.7 Å². The van der Waals surface area contributed by atoms with Crippen LogP contribution in [0, 0.1) is 13.8 Å². The van der Waals surface area contributed by atoms with Crippen LogP contribution < -0.4 is 4.74 Å². The maximum absolute atomic E-state index is 11.9. The van der Waals surface area contributed by atoms with Gasteiger partial charge in [0, 0.05) is 37.1 Å². The van der Waals surface area contributed by atoms with Gasteiger partial charge in [-0.25, -0.2) is 4.79 Å². The van der Waals surface area contributed by atoms with Crippen molar-refractivity contribution in [3.05, 3.63) is 47.0 Å². The highest BCUT2D eigenvalue weighted by atomic mass is 16.5. The van der Waals surface area contributed by atoms with Crippen molar-refractivity contribution in [1.82, 2.24) is 14.9 Å². The topological polar surface area (TPSA) is 87.7 Å². The van der Waals surface area contributed by atoms with Crippen LogP contribution in [0.5, 0.6) is 5.75 Å². The van der Waals surface area contributed by atoms with Gasteiger partial charge in [0.2, 0.25) is 0 Å². The van der Waals surface area contributed by atoms with E-state index >= 15 is 0 Å². The second-order valence-corrected chi connectivity index (χ2v) is 7.36. The van der Waals surface area contributed by atoms with Crippen molar-refractivity contribution in [2.45, 2.75) is 38.7 Å². The monoisotopic (exact) mass is 387 g/mol. The largest absolute Gasteiger partial charge is 0.491 e. The molecule has 2 N–H and O–H groups in total. The Morgan fingerprint density at radius 2 is 2.07 bits per heavy atom. The fraction of sp³-hybridized carbons (Fsp3) is 0.524. The molecule has 0 radical (unpaired) electrons. The fourth-order valence-electron chi connectivity index (χ4n) is 3.63. The molecule has 0 amide bonds. The van der Waals surface area contributed by atoms with Crippen LogP contribution in [-0.2, 0) is 10.3 Å². The minimum Gasteiger partial charge on any atom is -0.491 e. The first-order valence-corrected chi connectivity index (χ1v) is 9.71. The van der Waals surface area contributed by atoms with E-state index in [4.69, 9.17) is 9.47 Å². The van der Waals surface area contributed by atoms with Gasteiger partial charge in [0.1, 0.15) is 5.60 Å². The van der Waals surface area contributed by atoms with Crippen LogP contribution in [0.25, 0.3) is 0 Å². The highest BCUT2D eigenvalue weighted by Gasteiger charge is 2.34. The molecule has 0 aliphatic carbocycles. The van der Waals surface area contributed by atoms with Crippen LogP contribution >= 0.6 is 0 Å². The number of esters is 1. The Hall–Kier alpha value is -2.38. The van der Waals surface area contributed by atoms with Crippen molar-refractivity contribution in [1.29, 1.82) is 0 Å². The molecule has 28 heavy (non-hydrogen) atoms. The lowest BCUT2D eigenvalue weighted by atomic mass is 9.88. The molecular weight excluding hydrogens is 358 g/mol. The van der Waals surface area contributed by atoms with Crippen LogP contribution in [0.3, 0.4) is 0 Å². The number of H-pyrrole nitrogens is 1. The third kappa shape index (κ3) is 4.36. The zero-order valence-electron chi connectivity index (χ0n) is 16.8. The zero-order chi connectivity index (χ0) is 20.1. The van der Waals surface area contributed by atoms with E-state index in [9.17, 15) is 9.90 Å². The lowest BCUT2D eigenvalue weighted by Gasteiger charge is -2.37. The van der Waals surface area contributed by atoms with E-state index in [-0.39, 0.29) is 0 Å². The standard InChI is InChI=1S/C21H29N3O4/c1-15-16(2)23-18(20(25)27-3)19(15)28-14-6-11-24-12-8-21(26,9-13-24)17-7-4-5-10-22-17/h4-5,7,10,23,26H,6,8-9,11-14H2,1-3H3. The van der Waals surface area contributed by atoms with E-state index < -0.39 is 11.6 Å². The van der Waals surface area contributed by atoms with Crippen LogP contribution in [0.4, 0.5) is 0 Å². The number of ether oxygens (including phenoxy) is 2. The summed E-state index contributed by atoms with van der Waals surface area (Å²) in [6, 6.07) is 5.67. The predicted octanol–water partition coefficient (Wildman–Crippen LogP) is 2.57. The zero-order valence-corrected chi connectivity index (χ0v) is 16.8. The summed E-state index contributed by atoms with van der Waals surface area (Å²) in [4.78, 5) is 21.6. The first-order valence-electron chi connectivity index (χ1n) is 9.71. The normalized spacial score (nSPS) is 16.7. The van der Waals surface area contributed by atoms with Gasteiger partial charge in [0.05, 0.1) is 19.4 Å². The van der Waals surface area contributed by atoms with Crippen molar-refractivity contribution in [2.24, 2.45) is 0 Å². The highest BCUT2D eigenvalue weighted by Crippen LogP contribution is 2.31. The second-order valence-electron chi connectivity index (χ2n) is 7.36. The lowest BCUT2D eigenvalue weighted by Crippen LogP contribution is -2.43. The molecule has 2 aromatic heterocycles. The molecule has 0 unspecified atom stereocenters. The minimum atomic E-state index is -0.830. The quantitative estimate of drug-likeness (QED) is 0.561. The van der Waals surface area contributed by atoms with Gasteiger partial charge in [-0.3, -0.25) is 4.98 Å². The number of carbonyl (C=O) groups excluding carboxylic acids is 1. The van der Waals surface area contributed by atoms with E-state index in [1.807, 2.05) is 32.0 Å². The van der Waals surface area contributed by atoms with Gasteiger partial charge >= 0.3 is 5.97 Å². The molecule has 2 aromatic rings. The molecule has 3 rings (SSSR count). The number of aryl methyl sites for hydroxylation is 1. The molecule has 0 bridgehead atoms. The number of hydrogen-bond donors (Lipinski definition) is 2. The third-order valence-corrected chi connectivity index (χ3v) is 5.52. The molecular formula is C21H29N3O4. The van der Waals surface area contributed by atoms with E-state index in [0.717, 1.165) is 43.0 Å². The van der Waals surface area contributed by atoms with E-state index in [1.54, 1.807) is 6.20 Å². The summed E-state index contributed by atoms with van der Waals surface area (Å²) in [6.07, 6.45) is 3.91. The van der Waals surface area contributed by atoms with Gasteiger partial charge in [0.15, 0.2) is 11.4 Å². The average molecular weight is 387 g/mol. The Labute approximate surface area is 165 Å². The van der Waals surface area contributed by atoms with Gasteiger partial charge in [-0.1, -0.05) is 6.07 Å². The first kappa shape index (κ1) is 20.4. The summed E-state index contributed by atoms with van der Waals surface area (Å²) in [5.41, 5.74) is 2.13. The summed E-state index contributed by atoms with van der Waals surface area (Å²) in [5, 5.41) is 10.9. The molecule has 152 valence electrons. The molecule has 1 aliphatic heterocycles. The number of rotatable bonds is 7. The Morgan fingerprint density at radius 3 is 2.71 bits per heavy atom. The second kappa shape index (κ2) is 8.75. The predicted molar refractivity (Wildman–Crippen MR) is 106 cm³/mol. The fourth-order valence-corrected chi connectivity index (χ4v) is 3.63. The van der Waals surface area contributed by atoms with Gasteiger partial charge in [-0.2, -0.15) is 0 Å². The van der Waals surface area contributed by atoms with Crippen molar-refractivity contribution < 1.29 is 19.4 Å². The molecule has 0 saturated carbocycles. The van der Waals surface area contributed by atoms with Gasteiger partial charge < -0.3 is 24.5 Å². The molecule has 7 nitrogen and oxygen atoms in total. The molecule has 1 aliphatic rings. The molecule has 0 aromatic carbocycles. The SMILES string of the molecule is COC(=O)c1[nH]c(C)c(C)c1OCCCN1CCC(O)(c2ccccn2)CC1. The average Bonchev–Trinajstić information content (AvgIpc) is 3.01. The van der Waals surface area contributed by atoms with Gasteiger partial charge in [-0.05, 0) is 45.2 Å². The Bertz CT molecular complexity index is 795. The van der Waals surface area contributed by atoms with Crippen molar-refractivity contribution in [3.63, 3.8) is 0 Å². The molecule has 0 atom stereocenters. The van der Waals surface area contributed by atoms with E-state index in [0.29, 0.717) is 30.9 Å². The molecule has 1 saturated heterocycles. The van der Waals surface area contributed by atoms with Crippen molar-refractivity contribution in [3.8, 4) is 5.75 Å². The number of nitrogens with zero attached hydrogens (tertiary/aromatic N) is 2. The number of pyridine rings is 1. The number of aliphatic hydroxyl groups is 1. The van der Waals surface area contributed by atoms with Gasteiger partial charge in [-0.15, -0.1) is 0 Å². The minimum absolute atomic E-state index is 0.371. The number of piperidine rings is 1. The summed E-state index contributed by atoms with van der Waals surface area (Å²) < 4.78 is 10.7. The Morgan fingerprint density at radius 1 is 1.32 bits per heavy atom. The summed E-state index contributed by atoms with van der Waals surface area (Å²) in [7, 11) is 1.36. The summed E-state index contributed by atoms with van der Waals surface area (Å²) in [5.74, 6) is 0.156. The summed E-state index contributed by atoms with van der Waals surface area (Å²) in [6.45, 7) is 6.88. The number of carbonyl (C=O) groups is 1. The van der Waals surface area contributed by atoms with Crippen LogP contribution in [0.2, 0.25) is 0 Å². The van der Waals surface area contributed by atoms with Crippen molar-refractivity contribution in [2.75, 3.05) is 33.4 Å². The molecule has 0 spiro atoms. The third-order valence-electron chi connectivity index (χ3n) is 5.52. The number of likely N-dealkylation sites (tertiary alicyclic amines) is 1. The molecule has 1 fully saturated rings. The Kier molecular flexibility index (Phi) is 6.36. The first-order chi connectivity index (χ1) is 13.4. The van der Waals surface area contributed by atoms with Gasteiger partial charge in [0.25, 0.3) is 0 Å². The molecule has 7 heteroatoms. The van der Waals surface area contributed by atoms with Crippen LogP contribution in [0.15, 0.2) is 24.4 Å². The number of hydrogen-bond acceptors (Lipinski definition) is 6.